The molecule has 2 aliphatic carbocycles. The Kier molecular flexibility index (Phi) is 9.81. The quantitative estimate of drug-likeness (QED) is 0.306. The molecule has 218 valence electrons. The molecule has 0 saturated heterocycles. The van der Waals surface area contributed by atoms with Crippen molar-refractivity contribution < 1.29 is 32.7 Å². The van der Waals surface area contributed by atoms with Crippen LogP contribution >= 0.6 is 0 Å². The lowest BCUT2D eigenvalue weighted by atomic mass is 9.74. The highest BCUT2D eigenvalue weighted by molar-refractivity contribution is 6.00. The van der Waals surface area contributed by atoms with Gasteiger partial charge in [-0.15, -0.1) is 0 Å². The Morgan fingerprint density at radius 3 is 2.24 bits per heavy atom. The van der Waals surface area contributed by atoms with E-state index in [2.05, 4.69) is 5.43 Å². The van der Waals surface area contributed by atoms with Crippen molar-refractivity contribution in [3.05, 3.63) is 95.1 Å². The number of ketones is 1. The van der Waals surface area contributed by atoms with E-state index in [0.29, 0.717) is 17.0 Å². The van der Waals surface area contributed by atoms with Crippen LogP contribution < -0.4 is 5.43 Å². The van der Waals surface area contributed by atoms with Gasteiger partial charge in [0.1, 0.15) is 0 Å². The number of hydrogen-bond donors (Lipinski definition) is 2. The number of amides is 1. The molecule has 41 heavy (non-hydrogen) atoms. The van der Waals surface area contributed by atoms with Crippen LogP contribution in [-0.2, 0) is 16.0 Å². The zero-order chi connectivity index (χ0) is 29.5. The van der Waals surface area contributed by atoms with E-state index in [1.54, 1.807) is 42.5 Å². The number of Topliss-reactive ketones (excluding diaryl/α,β-unsaturated/α-hetero) is 1. The van der Waals surface area contributed by atoms with E-state index in [9.17, 15) is 27.6 Å². The van der Waals surface area contributed by atoms with Gasteiger partial charge in [0.25, 0.3) is 5.91 Å². The van der Waals surface area contributed by atoms with Crippen LogP contribution in [0.3, 0.4) is 0 Å². The summed E-state index contributed by atoms with van der Waals surface area (Å²) >= 11 is 0. The lowest BCUT2D eigenvalue weighted by Gasteiger charge is -2.34. The summed E-state index contributed by atoms with van der Waals surface area (Å²) in [6, 6.07) is 15.6. The van der Waals surface area contributed by atoms with Crippen LogP contribution in [-0.4, -0.2) is 47.0 Å². The number of carboxylic acids is 1. The Bertz CT molecular complexity index is 1280. The van der Waals surface area contributed by atoms with Gasteiger partial charge in [0.15, 0.2) is 5.78 Å². The predicted molar refractivity (Wildman–Crippen MR) is 149 cm³/mol. The maximum Gasteiger partial charge on any atom is 0.398 e. The third kappa shape index (κ3) is 7.73. The fourth-order valence-electron chi connectivity index (χ4n) is 5.50. The smallest absolute Gasteiger partial charge is 0.398 e. The molecule has 2 aromatic rings. The van der Waals surface area contributed by atoms with E-state index >= 15 is 0 Å². The Labute approximate surface area is 237 Å². The first-order valence-electron chi connectivity index (χ1n) is 14.0. The molecule has 0 radical (unpaired) electrons. The summed E-state index contributed by atoms with van der Waals surface area (Å²) < 4.78 is 43.1. The van der Waals surface area contributed by atoms with Crippen LogP contribution in [0.1, 0.15) is 72.3 Å². The summed E-state index contributed by atoms with van der Waals surface area (Å²) in [6.07, 6.45) is 3.92. The van der Waals surface area contributed by atoms with Crippen molar-refractivity contribution in [2.75, 3.05) is 13.1 Å². The minimum Gasteiger partial charge on any atom is -0.481 e. The van der Waals surface area contributed by atoms with Crippen molar-refractivity contribution in [1.82, 2.24) is 10.4 Å². The van der Waals surface area contributed by atoms with E-state index in [0.717, 1.165) is 23.9 Å². The highest BCUT2D eigenvalue weighted by Gasteiger charge is 2.53. The van der Waals surface area contributed by atoms with Gasteiger partial charge in [-0.1, -0.05) is 80.0 Å². The van der Waals surface area contributed by atoms with Crippen molar-refractivity contribution in [3.63, 3.8) is 0 Å². The molecule has 4 rings (SSSR count). The molecule has 1 amide bonds. The number of nitrogens with one attached hydrogen (secondary N) is 1. The topological polar surface area (TPSA) is 86.7 Å². The molecule has 0 aromatic heterocycles. The summed E-state index contributed by atoms with van der Waals surface area (Å²) in [4.78, 5) is 36.8. The summed E-state index contributed by atoms with van der Waals surface area (Å²) in [5.41, 5.74) is 2.71. The first-order chi connectivity index (χ1) is 19.6. The predicted octanol–water partition coefficient (Wildman–Crippen LogP) is 6.40. The average molecular weight is 569 g/mol. The largest absolute Gasteiger partial charge is 0.481 e. The lowest BCUT2D eigenvalue weighted by Crippen LogP contribution is -2.46. The van der Waals surface area contributed by atoms with Crippen LogP contribution in [0.15, 0.2) is 78.4 Å². The molecule has 0 spiro atoms. The van der Waals surface area contributed by atoms with Crippen molar-refractivity contribution in [2.24, 2.45) is 5.41 Å². The summed E-state index contributed by atoms with van der Waals surface area (Å²) in [5.74, 6) is -1.67. The minimum absolute atomic E-state index is 0.107. The van der Waals surface area contributed by atoms with E-state index in [4.69, 9.17) is 5.11 Å². The average Bonchev–Trinajstić information content (AvgIpc) is 2.97. The fourth-order valence-corrected chi connectivity index (χ4v) is 5.50. The first-order valence-corrected chi connectivity index (χ1v) is 14.0. The number of hydrazine groups is 1. The number of aliphatic carboxylic acids is 1. The van der Waals surface area contributed by atoms with Crippen LogP contribution in [0, 0.1) is 5.41 Å². The Hall–Kier alpha value is -3.72. The molecule has 2 aromatic carbocycles. The Morgan fingerprint density at radius 2 is 1.66 bits per heavy atom. The molecule has 1 fully saturated rings. The van der Waals surface area contributed by atoms with Crippen molar-refractivity contribution in [1.29, 1.82) is 0 Å². The maximum absolute atomic E-state index is 14.4. The molecule has 6 nitrogen and oxygen atoms in total. The molecular formula is C32H35F3N2O4. The highest BCUT2D eigenvalue weighted by atomic mass is 19.4. The number of carbonyl (C=O) groups excluding carboxylic acids is 2. The van der Waals surface area contributed by atoms with Gasteiger partial charge < -0.3 is 5.11 Å². The molecule has 2 aliphatic rings. The maximum atomic E-state index is 14.4. The van der Waals surface area contributed by atoms with E-state index in [-0.39, 0.29) is 37.9 Å². The van der Waals surface area contributed by atoms with Crippen molar-refractivity contribution >= 4 is 17.7 Å². The Balaban J connectivity index is 1.41. The number of carboxylic acid groups (broad SMARTS) is 1. The van der Waals surface area contributed by atoms with Gasteiger partial charge >= 0.3 is 12.1 Å². The van der Waals surface area contributed by atoms with Crippen LogP contribution in [0.4, 0.5) is 13.2 Å². The van der Waals surface area contributed by atoms with Gasteiger partial charge in [0, 0.05) is 17.7 Å². The Morgan fingerprint density at radius 1 is 0.976 bits per heavy atom. The second-order valence-electron chi connectivity index (χ2n) is 10.8. The minimum atomic E-state index is -4.52. The van der Waals surface area contributed by atoms with Gasteiger partial charge in [-0.2, -0.15) is 13.2 Å². The number of allylic oxidation sites excluding steroid dienone is 3. The van der Waals surface area contributed by atoms with Gasteiger partial charge in [-0.3, -0.25) is 19.4 Å². The summed E-state index contributed by atoms with van der Waals surface area (Å²) in [6.45, 7) is -0.571. The second-order valence-corrected chi connectivity index (χ2v) is 10.8. The van der Waals surface area contributed by atoms with Crippen LogP contribution in [0.5, 0.6) is 0 Å². The zero-order valence-electron chi connectivity index (χ0n) is 22.8. The standard InChI is InChI=1S/C32H35F3N2O4/c33-32(34,35)31(21-23-11-13-25(14-12-23)24-7-3-1-4-8-24)18-15-26(16-19-31)28(38)22-36-37(20-17-29(39)40)30(41)27-9-5-2-6-10-27/h2,5-6,9-16,18,24,36H,1,3-4,7-8,17,19-22H2,(H,39,40). The molecule has 1 saturated carbocycles. The third-order valence-corrected chi connectivity index (χ3v) is 7.98. The number of carbonyl (C=O) groups is 3. The van der Waals surface area contributed by atoms with Gasteiger partial charge in [-0.25, -0.2) is 5.43 Å². The first kappa shape index (κ1) is 30.2. The lowest BCUT2D eigenvalue weighted by molar-refractivity contribution is -0.205. The molecule has 1 atom stereocenters. The number of halogens is 3. The summed E-state index contributed by atoms with van der Waals surface area (Å²) in [7, 11) is 0. The van der Waals surface area contributed by atoms with E-state index in [1.165, 1.54) is 37.0 Å². The van der Waals surface area contributed by atoms with Crippen molar-refractivity contribution in [3.8, 4) is 0 Å². The molecule has 9 heteroatoms. The molecular weight excluding hydrogens is 533 g/mol. The normalized spacial score (nSPS) is 19.4. The molecule has 0 aliphatic heterocycles. The van der Waals surface area contributed by atoms with Gasteiger partial charge in [0.05, 0.1) is 18.4 Å². The number of nitrogens with zero attached hydrogens (tertiary/aromatic N) is 1. The molecule has 1 unspecified atom stereocenters. The fraction of sp³-hybridized carbons (Fsp3) is 0.406. The third-order valence-electron chi connectivity index (χ3n) is 7.98. The van der Waals surface area contributed by atoms with E-state index < -0.39 is 29.3 Å². The number of hydrogen-bond acceptors (Lipinski definition) is 4. The van der Waals surface area contributed by atoms with Crippen molar-refractivity contribution in [2.45, 2.75) is 63.5 Å². The molecule has 0 bridgehead atoms. The van der Waals surface area contributed by atoms with Crippen LogP contribution in [0.25, 0.3) is 0 Å². The van der Waals surface area contributed by atoms with E-state index in [1.807, 2.05) is 12.1 Å². The number of rotatable bonds is 11. The number of benzene rings is 2. The SMILES string of the molecule is O=C(O)CCN(NCC(=O)C1=CCC(Cc2ccc(C3CCCCC3)cc2)(C(F)(F)F)C=C1)C(=O)c1ccccc1. The second kappa shape index (κ2) is 13.3. The highest BCUT2D eigenvalue weighted by Crippen LogP contribution is 2.47. The molecule has 0 heterocycles. The zero-order valence-corrected chi connectivity index (χ0v) is 22.8. The van der Waals surface area contributed by atoms with Gasteiger partial charge in [0.2, 0.25) is 0 Å². The molecule has 2 N–H and O–H groups in total. The van der Waals surface area contributed by atoms with Gasteiger partial charge in [-0.05, 0) is 54.9 Å². The van der Waals surface area contributed by atoms with Crippen LogP contribution in [0.2, 0.25) is 0 Å². The monoisotopic (exact) mass is 568 g/mol. The number of alkyl halides is 3. The summed E-state index contributed by atoms with van der Waals surface area (Å²) in [5, 5.41) is 10.1.